The number of carbonyl (C=O) groups excluding carboxylic acids is 1. The van der Waals surface area contributed by atoms with Gasteiger partial charge < -0.3 is 9.88 Å². The van der Waals surface area contributed by atoms with Crippen LogP contribution in [-0.2, 0) is 13.6 Å². The van der Waals surface area contributed by atoms with Gasteiger partial charge in [0.15, 0.2) is 0 Å². The first-order valence-corrected chi connectivity index (χ1v) is 6.69. The number of fused-ring (bicyclic) bond motifs is 1. The van der Waals surface area contributed by atoms with Crippen LogP contribution >= 0.6 is 0 Å². The van der Waals surface area contributed by atoms with Gasteiger partial charge in [-0.3, -0.25) is 9.48 Å². The van der Waals surface area contributed by atoms with E-state index in [0.29, 0.717) is 12.2 Å². The molecule has 0 saturated heterocycles. The van der Waals surface area contributed by atoms with Crippen molar-refractivity contribution in [2.75, 3.05) is 0 Å². The molecule has 0 spiro atoms. The molecule has 3 rings (SSSR count). The molecule has 1 N–H and O–H groups in total. The predicted octanol–water partition coefficient (Wildman–Crippen LogP) is 0.983. The molecule has 7 nitrogen and oxygen atoms in total. The summed E-state index contributed by atoms with van der Waals surface area (Å²) in [5, 5.41) is 7.95. The van der Waals surface area contributed by atoms with Crippen molar-refractivity contribution in [1.82, 2.24) is 29.6 Å². The molecule has 0 bridgehead atoms. The van der Waals surface area contributed by atoms with Crippen molar-refractivity contribution < 1.29 is 4.79 Å². The van der Waals surface area contributed by atoms with Crippen LogP contribution in [0.2, 0.25) is 0 Å². The minimum Gasteiger partial charge on any atom is -0.346 e. The average molecular weight is 284 g/mol. The van der Waals surface area contributed by atoms with Gasteiger partial charge in [0.2, 0.25) is 0 Å². The lowest BCUT2D eigenvalue weighted by molar-refractivity contribution is 0.0931. The molecule has 0 aliphatic heterocycles. The molecule has 0 aliphatic rings. The second-order valence-corrected chi connectivity index (χ2v) is 5.03. The quantitative estimate of drug-likeness (QED) is 0.775. The average Bonchev–Trinajstić information content (AvgIpc) is 3.09. The minimum atomic E-state index is -0.189. The number of aryl methyl sites for hydroxylation is 1. The van der Waals surface area contributed by atoms with Crippen molar-refractivity contribution >= 4 is 16.9 Å². The summed E-state index contributed by atoms with van der Waals surface area (Å²) in [7, 11) is 1.91. The maximum Gasteiger partial charge on any atom is 0.270 e. The molecule has 0 saturated carbocycles. The number of nitrogens with zero attached hydrogens (tertiary/aromatic N) is 5. The van der Waals surface area contributed by atoms with Gasteiger partial charge >= 0.3 is 0 Å². The lowest BCUT2D eigenvalue weighted by Crippen LogP contribution is -2.36. The van der Waals surface area contributed by atoms with Gasteiger partial charge in [0, 0.05) is 24.7 Å². The van der Waals surface area contributed by atoms with Gasteiger partial charge in [0.05, 0.1) is 6.54 Å². The molecular formula is C14H16N6O. The molecule has 1 amide bonds. The first-order valence-electron chi connectivity index (χ1n) is 6.69. The number of hydrogen-bond acceptors (Lipinski definition) is 4. The van der Waals surface area contributed by atoms with Crippen molar-refractivity contribution in [2.24, 2.45) is 7.05 Å². The van der Waals surface area contributed by atoms with Gasteiger partial charge in [-0.15, -0.1) is 0 Å². The van der Waals surface area contributed by atoms with E-state index in [1.165, 1.54) is 6.33 Å². The van der Waals surface area contributed by atoms with Crippen molar-refractivity contribution in [3.8, 4) is 0 Å². The van der Waals surface area contributed by atoms with Gasteiger partial charge in [-0.25, -0.2) is 9.97 Å². The normalized spacial score (nSPS) is 12.5. The molecule has 0 aromatic carbocycles. The van der Waals surface area contributed by atoms with Crippen molar-refractivity contribution in [3.63, 3.8) is 0 Å². The number of carbonyl (C=O) groups is 1. The van der Waals surface area contributed by atoms with Gasteiger partial charge in [0.25, 0.3) is 5.91 Å². The Hall–Kier alpha value is -2.70. The van der Waals surface area contributed by atoms with Gasteiger partial charge in [-0.2, -0.15) is 5.10 Å². The topological polar surface area (TPSA) is 77.6 Å². The molecule has 3 aromatic heterocycles. The number of amides is 1. The summed E-state index contributed by atoms with van der Waals surface area (Å²) in [6, 6.07) is 5.54. The molecular weight excluding hydrogens is 268 g/mol. The summed E-state index contributed by atoms with van der Waals surface area (Å²) < 4.78 is 3.57. The van der Waals surface area contributed by atoms with Crippen LogP contribution in [0.3, 0.4) is 0 Å². The van der Waals surface area contributed by atoms with Crippen LogP contribution in [0.15, 0.2) is 37.1 Å². The van der Waals surface area contributed by atoms with E-state index >= 15 is 0 Å². The fraction of sp³-hybridized carbons (Fsp3) is 0.286. The van der Waals surface area contributed by atoms with Crippen molar-refractivity contribution in [1.29, 1.82) is 0 Å². The first-order chi connectivity index (χ1) is 10.1. The third-order valence-electron chi connectivity index (χ3n) is 3.25. The molecule has 0 aliphatic carbocycles. The predicted molar refractivity (Wildman–Crippen MR) is 77.7 cm³/mol. The zero-order chi connectivity index (χ0) is 14.8. The molecule has 0 fully saturated rings. The van der Waals surface area contributed by atoms with E-state index in [9.17, 15) is 4.79 Å². The van der Waals surface area contributed by atoms with Gasteiger partial charge in [0.1, 0.15) is 24.0 Å². The summed E-state index contributed by atoms with van der Waals surface area (Å²) in [4.78, 5) is 20.5. The van der Waals surface area contributed by atoms with Crippen LogP contribution in [0.1, 0.15) is 17.4 Å². The molecule has 3 aromatic rings. The highest BCUT2D eigenvalue weighted by molar-refractivity contribution is 5.94. The number of aromatic nitrogens is 5. The Balaban J connectivity index is 1.72. The highest BCUT2D eigenvalue weighted by atomic mass is 16.1. The SMILES string of the molecule is CC(Cn1cncn1)NC(=O)c1ccc2ccn(C)c2n1. The zero-order valence-electron chi connectivity index (χ0n) is 11.9. The Labute approximate surface area is 121 Å². The molecule has 1 unspecified atom stereocenters. The van der Waals surface area contributed by atoms with Crippen LogP contribution in [0.5, 0.6) is 0 Å². The lowest BCUT2D eigenvalue weighted by Gasteiger charge is -2.13. The fourth-order valence-corrected chi connectivity index (χ4v) is 2.21. The van der Waals surface area contributed by atoms with E-state index in [0.717, 1.165) is 11.0 Å². The number of pyridine rings is 1. The van der Waals surface area contributed by atoms with E-state index in [4.69, 9.17) is 0 Å². The molecule has 21 heavy (non-hydrogen) atoms. The Kier molecular flexibility index (Phi) is 3.39. The third kappa shape index (κ3) is 2.76. The lowest BCUT2D eigenvalue weighted by atomic mass is 10.2. The number of nitrogens with one attached hydrogen (secondary N) is 1. The van der Waals surface area contributed by atoms with E-state index in [1.54, 1.807) is 17.1 Å². The highest BCUT2D eigenvalue weighted by Crippen LogP contribution is 2.12. The number of rotatable bonds is 4. The maximum atomic E-state index is 12.2. The standard InChI is InChI=1S/C14H16N6O/c1-10(7-20-9-15-8-16-20)17-14(21)12-4-3-11-5-6-19(2)13(11)18-12/h3-6,8-10H,7H2,1-2H3,(H,17,21). The van der Waals surface area contributed by atoms with Crippen molar-refractivity contribution in [2.45, 2.75) is 19.5 Å². The van der Waals surface area contributed by atoms with Crippen LogP contribution in [0, 0.1) is 0 Å². The monoisotopic (exact) mass is 284 g/mol. The van der Waals surface area contributed by atoms with E-state index in [2.05, 4.69) is 20.4 Å². The summed E-state index contributed by atoms with van der Waals surface area (Å²) in [5.74, 6) is -0.189. The third-order valence-corrected chi connectivity index (χ3v) is 3.25. The Morgan fingerprint density at radius 1 is 1.38 bits per heavy atom. The Bertz CT molecular complexity index is 761. The van der Waals surface area contributed by atoms with Crippen molar-refractivity contribution in [3.05, 3.63) is 42.7 Å². The first kappa shape index (κ1) is 13.3. The highest BCUT2D eigenvalue weighted by Gasteiger charge is 2.13. The minimum absolute atomic E-state index is 0.0647. The molecule has 3 heterocycles. The van der Waals surface area contributed by atoms with Gasteiger partial charge in [-0.05, 0) is 25.1 Å². The molecule has 1 atom stereocenters. The van der Waals surface area contributed by atoms with Crippen LogP contribution in [0.25, 0.3) is 11.0 Å². The molecule has 7 heteroatoms. The fourth-order valence-electron chi connectivity index (χ4n) is 2.21. The van der Waals surface area contributed by atoms with E-state index < -0.39 is 0 Å². The summed E-state index contributed by atoms with van der Waals surface area (Å²) >= 11 is 0. The second kappa shape index (κ2) is 5.35. The summed E-state index contributed by atoms with van der Waals surface area (Å²) in [6.45, 7) is 2.48. The second-order valence-electron chi connectivity index (χ2n) is 5.03. The van der Waals surface area contributed by atoms with Crippen LogP contribution in [-0.4, -0.2) is 36.3 Å². The Morgan fingerprint density at radius 2 is 2.24 bits per heavy atom. The largest absolute Gasteiger partial charge is 0.346 e. The van der Waals surface area contributed by atoms with Crippen LogP contribution in [0.4, 0.5) is 0 Å². The Morgan fingerprint density at radius 3 is 3.00 bits per heavy atom. The zero-order valence-corrected chi connectivity index (χ0v) is 11.9. The molecule has 0 radical (unpaired) electrons. The van der Waals surface area contributed by atoms with Gasteiger partial charge in [-0.1, -0.05) is 0 Å². The molecule has 108 valence electrons. The van der Waals surface area contributed by atoms with E-state index in [-0.39, 0.29) is 11.9 Å². The summed E-state index contributed by atoms with van der Waals surface area (Å²) in [5.41, 5.74) is 1.21. The summed E-state index contributed by atoms with van der Waals surface area (Å²) in [6.07, 6.45) is 5.02. The van der Waals surface area contributed by atoms with E-state index in [1.807, 2.05) is 36.9 Å². The van der Waals surface area contributed by atoms with Crippen LogP contribution < -0.4 is 5.32 Å². The number of hydrogen-bond donors (Lipinski definition) is 1. The smallest absolute Gasteiger partial charge is 0.270 e. The maximum absolute atomic E-state index is 12.2.